The highest BCUT2D eigenvalue weighted by molar-refractivity contribution is 7.89. The van der Waals surface area contributed by atoms with Gasteiger partial charge in [0.2, 0.25) is 15.8 Å². The van der Waals surface area contributed by atoms with E-state index in [4.69, 9.17) is 4.74 Å². The molecular weight excluding hydrogens is 417 g/mol. The summed E-state index contributed by atoms with van der Waals surface area (Å²) in [6, 6.07) is 8.48. The lowest BCUT2D eigenvalue weighted by Crippen LogP contribution is -2.35. The van der Waals surface area contributed by atoms with Crippen LogP contribution in [0.3, 0.4) is 0 Å². The second-order valence-electron chi connectivity index (χ2n) is 6.70. The fourth-order valence-corrected chi connectivity index (χ4v) is 4.65. The first-order chi connectivity index (χ1) is 14.3. The average Bonchev–Trinajstić information content (AvgIpc) is 2.73. The summed E-state index contributed by atoms with van der Waals surface area (Å²) in [5.74, 6) is -1.80. The summed E-state index contributed by atoms with van der Waals surface area (Å²) in [5, 5.41) is 13.5. The SMILES string of the molecule is O=C(COc1cc(F)ccc1[N+](=O)[O-])Nc1cccc(S(=O)(=O)N2CCCCC2)c1. The topological polar surface area (TPSA) is 119 Å². The van der Waals surface area contributed by atoms with E-state index < -0.39 is 39.0 Å². The van der Waals surface area contributed by atoms with Crippen LogP contribution in [0.1, 0.15) is 19.3 Å². The minimum atomic E-state index is -3.66. The van der Waals surface area contributed by atoms with Crippen LogP contribution >= 0.6 is 0 Å². The first-order valence-corrected chi connectivity index (χ1v) is 10.7. The molecule has 1 aliphatic heterocycles. The Morgan fingerprint density at radius 1 is 1.17 bits per heavy atom. The van der Waals surface area contributed by atoms with Crippen molar-refractivity contribution in [2.24, 2.45) is 0 Å². The highest BCUT2D eigenvalue weighted by atomic mass is 32.2. The van der Waals surface area contributed by atoms with Gasteiger partial charge in [-0.3, -0.25) is 14.9 Å². The zero-order chi connectivity index (χ0) is 21.7. The number of carbonyl (C=O) groups is 1. The minimum Gasteiger partial charge on any atom is -0.477 e. The van der Waals surface area contributed by atoms with Gasteiger partial charge in [-0.2, -0.15) is 4.31 Å². The summed E-state index contributed by atoms with van der Waals surface area (Å²) in [4.78, 5) is 22.4. The summed E-state index contributed by atoms with van der Waals surface area (Å²) < 4.78 is 45.4. The van der Waals surface area contributed by atoms with Gasteiger partial charge in [0.05, 0.1) is 9.82 Å². The Labute approximate surface area is 172 Å². The fraction of sp³-hybridized carbons (Fsp3) is 0.316. The maximum Gasteiger partial charge on any atom is 0.311 e. The lowest BCUT2D eigenvalue weighted by molar-refractivity contribution is -0.385. The molecule has 160 valence electrons. The number of nitro groups is 1. The number of benzene rings is 2. The van der Waals surface area contributed by atoms with E-state index in [9.17, 15) is 27.7 Å². The molecule has 0 spiro atoms. The Kier molecular flexibility index (Phi) is 6.63. The van der Waals surface area contributed by atoms with Crippen LogP contribution in [0.2, 0.25) is 0 Å². The molecule has 0 saturated carbocycles. The largest absolute Gasteiger partial charge is 0.477 e. The molecule has 0 unspecified atom stereocenters. The second-order valence-corrected chi connectivity index (χ2v) is 8.64. The molecular formula is C19H20FN3O6S. The first kappa shape index (κ1) is 21.7. The van der Waals surface area contributed by atoms with Crippen molar-refractivity contribution in [3.63, 3.8) is 0 Å². The van der Waals surface area contributed by atoms with Gasteiger partial charge in [-0.15, -0.1) is 0 Å². The molecule has 30 heavy (non-hydrogen) atoms. The van der Waals surface area contributed by atoms with Crippen molar-refractivity contribution >= 4 is 27.3 Å². The van der Waals surface area contributed by atoms with Crippen molar-refractivity contribution in [2.75, 3.05) is 25.0 Å². The fourth-order valence-electron chi connectivity index (χ4n) is 3.08. The number of hydrogen-bond acceptors (Lipinski definition) is 6. The number of piperidine rings is 1. The number of ether oxygens (including phenoxy) is 1. The van der Waals surface area contributed by atoms with Crippen LogP contribution in [0.25, 0.3) is 0 Å². The molecule has 1 aliphatic rings. The minimum absolute atomic E-state index is 0.0592. The number of halogens is 1. The van der Waals surface area contributed by atoms with E-state index in [0.717, 1.165) is 37.5 Å². The Balaban J connectivity index is 1.67. The zero-order valence-electron chi connectivity index (χ0n) is 15.9. The zero-order valence-corrected chi connectivity index (χ0v) is 16.7. The molecule has 2 aromatic rings. The number of rotatable bonds is 7. The number of hydrogen-bond donors (Lipinski definition) is 1. The highest BCUT2D eigenvalue weighted by Crippen LogP contribution is 2.27. The third kappa shape index (κ3) is 5.10. The van der Waals surface area contributed by atoms with Gasteiger partial charge in [0.25, 0.3) is 5.91 Å². The van der Waals surface area contributed by atoms with Crippen LogP contribution in [0.4, 0.5) is 15.8 Å². The van der Waals surface area contributed by atoms with Crippen LogP contribution in [-0.2, 0) is 14.8 Å². The molecule has 1 saturated heterocycles. The van der Waals surface area contributed by atoms with Crippen LogP contribution in [0.5, 0.6) is 5.75 Å². The molecule has 0 aliphatic carbocycles. The van der Waals surface area contributed by atoms with E-state index in [1.54, 1.807) is 0 Å². The Morgan fingerprint density at radius 2 is 1.90 bits per heavy atom. The van der Waals surface area contributed by atoms with E-state index in [1.807, 2.05) is 0 Å². The van der Waals surface area contributed by atoms with Crippen molar-refractivity contribution in [1.29, 1.82) is 0 Å². The Bertz CT molecular complexity index is 1050. The smallest absolute Gasteiger partial charge is 0.311 e. The van der Waals surface area contributed by atoms with Gasteiger partial charge in [0.15, 0.2) is 6.61 Å². The maximum absolute atomic E-state index is 13.3. The molecule has 0 atom stereocenters. The number of nitrogens with zero attached hydrogens (tertiary/aromatic N) is 2. The van der Waals surface area contributed by atoms with E-state index in [1.165, 1.54) is 28.6 Å². The molecule has 1 fully saturated rings. The molecule has 2 aromatic carbocycles. The van der Waals surface area contributed by atoms with Gasteiger partial charge in [-0.1, -0.05) is 12.5 Å². The van der Waals surface area contributed by atoms with Crippen molar-refractivity contribution < 1.29 is 27.3 Å². The van der Waals surface area contributed by atoms with Crippen molar-refractivity contribution in [1.82, 2.24) is 4.31 Å². The van der Waals surface area contributed by atoms with Crippen molar-refractivity contribution in [2.45, 2.75) is 24.2 Å². The lowest BCUT2D eigenvalue weighted by Gasteiger charge is -2.26. The number of nitro benzene ring substituents is 1. The molecule has 3 rings (SSSR count). The van der Waals surface area contributed by atoms with Gasteiger partial charge in [-0.25, -0.2) is 12.8 Å². The third-order valence-electron chi connectivity index (χ3n) is 4.55. The standard InChI is InChI=1S/C19H20FN3O6S/c20-14-7-8-17(23(25)26)18(11-14)29-13-19(24)21-15-5-4-6-16(12-15)30(27,28)22-9-2-1-3-10-22/h4-8,11-12H,1-3,9-10,13H2,(H,21,24). The molecule has 9 nitrogen and oxygen atoms in total. The van der Waals surface area contributed by atoms with E-state index >= 15 is 0 Å². The number of carbonyl (C=O) groups excluding carboxylic acids is 1. The number of sulfonamides is 1. The van der Waals surface area contributed by atoms with Gasteiger partial charge < -0.3 is 10.1 Å². The van der Waals surface area contributed by atoms with Gasteiger partial charge >= 0.3 is 5.69 Å². The van der Waals surface area contributed by atoms with E-state index in [2.05, 4.69) is 5.32 Å². The monoisotopic (exact) mass is 437 g/mol. The normalized spacial score (nSPS) is 14.8. The quantitative estimate of drug-likeness (QED) is 0.525. The van der Waals surface area contributed by atoms with Gasteiger partial charge in [0.1, 0.15) is 5.82 Å². The molecule has 0 bridgehead atoms. The first-order valence-electron chi connectivity index (χ1n) is 9.24. The highest BCUT2D eigenvalue weighted by Gasteiger charge is 2.26. The predicted octanol–water partition coefficient (Wildman–Crippen LogP) is 2.93. The van der Waals surface area contributed by atoms with Crippen molar-refractivity contribution in [3.8, 4) is 5.75 Å². The maximum atomic E-state index is 13.3. The third-order valence-corrected chi connectivity index (χ3v) is 6.44. The lowest BCUT2D eigenvalue weighted by atomic mass is 10.2. The number of nitrogens with one attached hydrogen (secondary N) is 1. The Hall–Kier alpha value is -3.05. The number of anilines is 1. The molecule has 0 aromatic heterocycles. The Morgan fingerprint density at radius 3 is 2.60 bits per heavy atom. The molecule has 0 radical (unpaired) electrons. The summed E-state index contributed by atoms with van der Waals surface area (Å²) in [7, 11) is -3.66. The molecule has 1 N–H and O–H groups in total. The van der Waals surface area contributed by atoms with E-state index in [-0.39, 0.29) is 16.3 Å². The van der Waals surface area contributed by atoms with E-state index in [0.29, 0.717) is 13.1 Å². The molecule has 1 amide bonds. The van der Waals surface area contributed by atoms with Gasteiger partial charge in [0, 0.05) is 30.9 Å². The van der Waals surface area contributed by atoms with Crippen LogP contribution in [-0.4, -0.2) is 43.2 Å². The number of amides is 1. The average molecular weight is 437 g/mol. The summed E-state index contributed by atoms with van der Waals surface area (Å²) in [6.45, 7) is 0.297. The summed E-state index contributed by atoms with van der Waals surface area (Å²) in [6.07, 6.45) is 2.60. The van der Waals surface area contributed by atoms with Crippen LogP contribution in [0.15, 0.2) is 47.4 Å². The van der Waals surface area contributed by atoms with Crippen molar-refractivity contribution in [3.05, 3.63) is 58.4 Å². The predicted molar refractivity (Wildman–Crippen MR) is 106 cm³/mol. The summed E-state index contributed by atoms with van der Waals surface area (Å²) in [5.41, 5.74) is -0.241. The summed E-state index contributed by atoms with van der Waals surface area (Å²) >= 11 is 0. The van der Waals surface area contributed by atoms with Crippen LogP contribution in [0, 0.1) is 15.9 Å². The molecule has 11 heteroatoms. The van der Waals surface area contributed by atoms with Crippen LogP contribution < -0.4 is 10.1 Å². The van der Waals surface area contributed by atoms with Gasteiger partial charge in [-0.05, 0) is 37.1 Å². The molecule has 1 heterocycles. The second kappa shape index (κ2) is 9.18.